The molecule has 5 nitrogen and oxygen atoms in total. The van der Waals surface area contributed by atoms with E-state index in [0.29, 0.717) is 18.2 Å². The average Bonchev–Trinajstić information content (AvgIpc) is 2.76. The average molecular weight is 225 g/mol. The maximum atomic E-state index is 10.4. The number of hydrogen-bond donors (Lipinski definition) is 1. The summed E-state index contributed by atoms with van der Waals surface area (Å²) in [6.07, 6.45) is 4.00. The topological polar surface area (TPSA) is 72.6 Å². The summed E-state index contributed by atoms with van der Waals surface area (Å²) in [4.78, 5) is 14.7. The van der Waals surface area contributed by atoms with Crippen molar-refractivity contribution in [2.24, 2.45) is 0 Å². The van der Waals surface area contributed by atoms with Gasteiger partial charge < -0.3 is 14.3 Å². The Morgan fingerprint density at radius 2 is 2.25 bits per heavy atom. The van der Waals surface area contributed by atoms with Gasteiger partial charge in [0.1, 0.15) is 6.26 Å². The molecule has 0 bridgehead atoms. The summed E-state index contributed by atoms with van der Waals surface area (Å²) in [5, 5.41) is 8.54. The molecule has 1 aliphatic heterocycles. The molecule has 0 amide bonds. The van der Waals surface area contributed by atoms with Gasteiger partial charge in [0, 0.05) is 25.6 Å². The number of hydrogen-bond acceptors (Lipinski definition) is 4. The van der Waals surface area contributed by atoms with Crippen molar-refractivity contribution >= 4 is 5.97 Å². The van der Waals surface area contributed by atoms with Crippen molar-refractivity contribution in [1.82, 2.24) is 4.98 Å². The van der Waals surface area contributed by atoms with Crippen molar-refractivity contribution < 1.29 is 19.1 Å². The Labute approximate surface area is 93.4 Å². The molecule has 0 unspecified atom stereocenters. The number of aliphatic carboxylic acids is 1. The van der Waals surface area contributed by atoms with Gasteiger partial charge in [-0.25, -0.2) is 4.98 Å². The molecule has 0 aromatic carbocycles. The van der Waals surface area contributed by atoms with Crippen molar-refractivity contribution in [2.75, 3.05) is 13.2 Å². The number of oxazole rings is 1. The molecule has 88 valence electrons. The number of aryl methyl sites for hydroxylation is 1. The lowest BCUT2D eigenvalue weighted by molar-refractivity contribution is -0.137. The Bertz CT molecular complexity index is 355. The molecular formula is C11H15NO4. The molecule has 16 heavy (non-hydrogen) atoms. The van der Waals surface area contributed by atoms with Gasteiger partial charge in [-0.2, -0.15) is 0 Å². The molecule has 1 saturated heterocycles. The van der Waals surface area contributed by atoms with Crippen LogP contribution in [0.4, 0.5) is 0 Å². The molecule has 0 spiro atoms. The molecular weight excluding hydrogens is 210 g/mol. The fourth-order valence-electron chi connectivity index (χ4n) is 1.83. The van der Waals surface area contributed by atoms with Gasteiger partial charge in [-0.1, -0.05) is 0 Å². The predicted molar refractivity (Wildman–Crippen MR) is 55.3 cm³/mol. The molecule has 0 radical (unpaired) electrons. The Hall–Kier alpha value is -1.36. The normalized spacial score (nSPS) is 17.5. The van der Waals surface area contributed by atoms with Gasteiger partial charge in [0.15, 0.2) is 5.89 Å². The summed E-state index contributed by atoms with van der Waals surface area (Å²) in [5.41, 5.74) is 0.934. The van der Waals surface area contributed by atoms with Crippen LogP contribution in [0.5, 0.6) is 0 Å². The summed E-state index contributed by atoms with van der Waals surface area (Å²) >= 11 is 0. The Morgan fingerprint density at radius 1 is 1.50 bits per heavy atom. The molecule has 1 aliphatic rings. The first-order chi connectivity index (χ1) is 7.75. The molecule has 1 N–H and O–H groups in total. The maximum Gasteiger partial charge on any atom is 0.303 e. The van der Waals surface area contributed by atoms with Crippen molar-refractivity contribution in [3.63, 3.8) is 0 Å². The Balaban J connectivity index is 1.93. The number of carboxylic acid groups (broad SMARTS) is 1. The summed E-state index contributed by atoms with van der Waals surface area (Å²) < 4.78 is 10.5. The van der Waals surface area contributed by atoms with Gasteiger partial charge in [0.2, 0.25) is 0 Å². The molecule has 1 aromatic heterocycles. The lowest BCUT2D eigenvalue weighted by Gasteiger charge is -2.19. The van der Waals surface area contributed by atoms with E-state index < -0.39 is 5.97 Å². The molecule has 0 saturated carbocycles. The van der Waals surface area contributed by atoms with Gasteiger partial charge in [0.25, 0.3) is 0 Å². The Kier molecular flexibility index (Phi) is 3.56. The van der Waals surface area contributed by atoms with Crippen LogP contribution in [0.2, 0.25) is 0 Å². The molecule has 5 heteroatoms. The smallest absolute Gasteiger partial charge is 0.303 e. The number of nitrogens with zero attached hydrogens (tertiary/aromatic N) is 1. The third-order valence-electron chi connectivity index (χ3n) is 2.76. The van der Waals surface area contributed by atoms with Crippen LogP contribution in [-0.4, -0.2) is 29.3 Å². The summed E-state index contributed by atoms with van der Waals surface area (Å²) in [6.45, 7) is 1.53. The van der Waals surface area contributed by atoms with Crippen LogP contribution < -0.4 is 0 Å². The zero-order valence-corrected chi connectivity index (χ0v) is 9.02. The van der Waals surface area contributed by atoms with E-state index in [9.17, 15) is 4.79 Å². The van der Waals surface area contributed by atoms with Crippen LogP contribution in [0.25, 0.3) is 0 Å². The highest BCUT2D eigenvalue weighted by Gasteiger charge is 2.19. The van der Waals surface area contributed by atoms with Gasteiger partial charge in [0.05, 0.1) is 12.1 Å². The lowest BCUT2D eigenvalue weighted by Crippen LogP contribution is -2.14. The fourth-order valence-corrected chi connectivity index (χ4v) is 1.83. The third kappa shape index (κ3) is 2.82. The van der Waals surface area contributed by atoms with Gasteiger partial charge in [-0.3, -0.25) is 4.79 Å². The van der Waals surface area contributed by atoms with E-state index in [1.165, 1.54) is 0 Å². The first-order valence-electron chi connectivity index (χ1n) is 5.49. The second kappa shape index (κ2) is 5.12. The van der Waals surface area contributed by atoms with E-state index >= 15 is 0 Å². The first kappa shape index (κ1) is 11.1. The lowest BCUT2D eigenvalue weighted by atomic mass is 9.97. The zero-order valence-electron chi connectivity index (χ0n) is 9.02. The quantitative estimate of drug-likeness (QED) is 0.842. The Morgan fingerprint density at radius 3 is 2.94 bits per heavy atom. The van der Waals surface area contributed by atoms with Gasteiger partial charge in [-0.05, 0) is 12.8 Å². The number of carboxylic acids is 1. The van der Waals surface area contributed by atoms with Crippen LogP contribution in [0.1, 0.15) is 36.8 Å². The van der Waals surface area contributed by atoms with E-state index in [1.54, 1.807) is 6.26 Å². The molecule has 0 atom stereocenters. The van der Waals surface area contributed by atoms with E-state index in [-0.39, 0.29) is 6.42 Å². The van der Waals surface area contributed by atoms with Crippen LogP contribution in [0, 0.1) is 0 Å². The fraction of sp³-hybridized carbons (Fsp3) is 0.636. The minimum absolute atomic E-state index is 0.0632. The summed E-state index contributed by atoms with van der Waals surface area (Å²) in [6, 6.07) is 0. The van der Waals surface area contributed by atoms with Gasteiger partial charge in [-0.15, -0.1) is 0 Å². The SMILES string of the molecule is O=C(O)CCc1nc(C2CCOCC2)co1. The highest BCUT2D eigenvalue weighted by atomic mass is 16.5. The van der Waals surface area contributed by atoms with E-state index in [0.717, 1.165) is 31.7 Å². The number of aromatic nitrogens is 1. The van der Waals surface area contributed by atoms with Crippen LogP contribution in [0.3, 0.4) is 0 Å². The zero-order chi connectivity index (χ0) is 11.4. The van der Waals surface area contributed by atoms with Gasteiger partial charge >= 0.3 is 5.97 Å². The predicted octanol–water partition coefficient (Wildman–Crippen LogP) is 1.59. The van der Waals surface area contributed by atoms with Crippen LogP contribution >= 0.6 is 0 Å². The maximum absolute atomic E-state index is 10.4. The summed E-state index contributed by atoms with van der Waals surface area (Å²) in [7, 11) is 0. The molecule has 0 aliphatic carbocycles. The molecule has 1 aromatic rings. The number of rotatable bonds is 4. The monoisotopic (exact) mass is 225 g/mol. The second-order valence-corrected chi connectivity index (χ2v) is 3.95. The minimum Gasteiger partial charge on any atom is -0.481 e. The second-order valence-electron chi connectivity index (χ2n) is 3.95. The highest BCUT2D eigenvalue weighted by molar-refractivity contribution is 5.66. The summed E-state index contributed by atoms with van der Waals surface area (Å²) in [5.74, 6) is 0.0887. The molecule has 2 heterocycles. The standard InChI is InChI=1S/C11H15NO4/c13-11(14)2-1-10-12-9(7-16-10)8-3-5-15-6-4-8/h7-8H,1-6H2,(H,13,14). The van der Waals surface area contributed by atoms with Crippen LogP contribution in [0.15, 0.2) is 10.7 Å². The number of ether oxygens (including phenoxy) is 1. The molecule has 2 rings (SSSR count). The largest absolute Gasteiger partial charge is 0.481 e. The first-order valence-corrected chi connectivity index (χ1v) is 5.49. The third-order valence-corrected chi connectivity index (χ3v) is 2.76. The van der Waals surface area contributed by atoms with Crippen molar-refractivity contribution in [3.05, 3.63) is 17.8 Å². The molecule has 1 fully saturated rings. The number of carbonyl (C=O) groups is 1. The van der Waals surface area contributed by atoms with Crippen LogP contribution in [-0.2, 0) is 16.0 Å². The van der Waals surface area contributed by atoms with Crippen molar-refractivity contribution in [1.29, 1.82) is 0 Å². The van der Waals surface area contributed by atoms with Crippen molar-refractivity contribution in [2.45, 2.75) is 31.6 Å². The van der Waals surface area contributed by atoms with E-state index in [2.05, 4.69) is 4.98 Å². The van der Waals surface area contributed by atoms with Crippen molar-refractivity contribution in [3.8, 4) is 0 Å². The highest BCUT2D eigenvalue weighted by Crippen LogP contribution is 2.26. The minimum atomic E-state index is -0.828. The van der Waals surface area contributed by atoms with E-state index in [1.807, 2.05) is 0 Å². The van der Waals surface area contributed by atoms with E-state index in [4.69, 9.17) is 14.3 Å².